The fourth-order valence-corrected chi connectivity index (χ4v) is 6.52. The van der Waals surface area contributed by atoms with Crippen molar-refractivity contribution in [2.24, 2.45) is 4.99 Å². The molecule has 1 saturated heterocycles. The monoisotopic (exact) mass is 449 g/mol. The summed E-state index contributed by atoms with van der Waals surface area (Å²) in [6.45, 7) is 1.85. The summed E-state index contributed by atoms with van der Waals surface area (Å²) in [6.07, 6.45) is 0. The molecule has 0 radical (unpaired) electrons. The van der Waals surface area contributed by atoms with Crippen molar-refractivity contribution in [3.8, 4) is 0 Å². The summed E-state index contributed by atoms with van der Waals surface area (Å²) in [4.78, 5) is 19.1. The molecule has 29 heavy (non-hydrogen) atoms. The van der Waals surface area contributed by atoms with Gasteiger partial charge in [-0.15, -0.1) is 0 Å². The third-order valence-corrected chi connectivity index (χ3v) is 8.09. The molecule has 152 valence electrons. The molecule has 2 aliphatic heterocycles. The van der Waals surface area contributed by atoms with Gasteiger partial charge in [-0.2, -0.15) is 0 Å². The number of nitrogens with one attached hydrogen (secondary N) is 1. The molecule has 2 heterocycles. The lowest BCUT2D eigenvalue weighted by Gasteiger charge is -2.26. The molecular formula is C20H20ClN3O3S2. The van der Waals surface area contributed by atoms with Crippen molar-refractivity contribution in [3.63, 3.8) is 0 Å². The zero-order chi connectivity index (χ0) is 20.6. The highest BCUT2D eigenvalue weighted by Gasteiger charge is 2.47. The number of rotatable bonds is 4. The van der Waals surface area contributed by atoms with Gasteiger partial charge < -0.3 is 10.2 Å². The molecular weight excluding hydrogens is 430 g/mol. The van der Waals surface area contributed by atoms with Gasteiger partial charge in [0, 0.05) is 16.4 Å². The van der Waals surface area contributed by atoms with Crippen LogP contribution >= 0.6 is 23.4 Å². The summed E-state index contributed by atoms with van der Waals surface area (Å²) in [7, 11) is -3.10. The SMILES string of the molecule is Cc1c(Cl)cccc1NC(=O)CSC1=N[C@@H]2CS(=O)(=O)C[C@H]2N1c1ccccc1. The van der Waals surface area contributed by atoms with E-state index in [9.17, 15) is 13.2 Å². The molecule has 0 saturated carbocycles. The van der Waals surface area contributed by atoms with Gasteiger partial charge in [0.1, 0.15) is 0 Å². The molecule has 9 heteroatoms. The van der Waals surface area contributed by atoms with Crippen LogP contribution in [0.3, 0.4) is 0 Å². The summed E-state index contributed by atoms with van der Waals surface area (Å²) in [5, 5.41) is 4.16. The Hall–Kier alpha value is -2.03. The summed E-state index contributed by atoms with van der Waals surface area (Å²) in [5.41, 5.74) is 2.38. The summed E-state index contributed by atoms with van der Waals surface area (Å²) >= 11 is 7.43. The average molecular weight is 450 g/mol. The van der Waals surface area contributed by atoms with E-state index in [4.69, 9.17) is 11.6 Å². The topological polar surface area (TPSA) is 78.8 Å². The van der Waals surface area contributed by atoms with Gasteiger partial charge in [0.25, 0.3) is 0 Å². The van der Waals surface area contributed by atoms with E-state index in [0.717, 1.165) is 11.3 Å². The van der Waals surface area contributed by atoms with Gasteiger partial charge in [-0.3, -0.25) is 9.79 Å². The maximum absolute atomic E-state index is 12.5. The van der Waals surface area contributed by atoms with E-state index in [2.05, 4.69) is 10.3 Å². The second-order valence-electron chi connectivity index (χ2n) is 7.08. The number of carbonyl (C=O) groups excluding carboxylic acids is 1. The van der Waals surface area contributed by atoms with Crippen LogP contribution in [0.5, 0.6) is 0 Å². The lowest BCUT2D eigenvalue weighted by atomic mass is 10.1. The number of nitrogens with zero attached hydrogens (tertiary/aromatic N) is 2. The van der Waals surface area contributed by atoms with Crippen LogP contribution in [-0.2, 0) is 14.6 Å². The molecule has 1 fully saturated rings. The first-order valence-corrected chi connectivity index (χ1v) is 12.3. The largest absolute Gasteiger partial charge is 0.325 e. The Morgan fingerprint density at radius 2 is 1.97 bits per heavy atom. The molecule has 2 aliphatic rings. The number of amides is 1. The van der Waals surface area contributed by atoms with Crippen molar-refractivity contribution in [1.29, 1.82) is 0 Å². The molecule has 2 atom stereocenters. The maximum Gasteiger partial charge on any atom is 0.234 e. The molecule has 6 nitrogen and oxygen atoms in total. The normalized spacial score (nSPS) is 22.3. The number of halogens is 1. The van der Waals surface area contributed by atoms with Gasteiger partial charge in [0.2, 0.25) is 5.91 Å². The zero-order valence-corrected chi connectivity index (χ0v) is 18.1. The smallest absolute Gasteiger partial charge is 0.234 e. The van der Waals surface area contributed by atoms with Crippen molar-refractivity contribution in [3.05, 3.63) is 59.1 Å². The summed E-state index contributed by atoms with van der Waals surface area (Å²) < 4.78 is 24.2. The van der Waals surface area contributed by atoms with Crippen molar-refractivity contribution in [1.82, 2.24) is 0 Å². The van der Waals surface area contributed by atoms with Crippen LogP contribution in [0, 0.1) is 6.92 Å². The second kappa shape index (κ2) is 8.01. The van der Waals surface area contributed by atoms with Gasteiger partial charge in [0.05, 0.1) is 29.3 Å². The Balaban J connectivity index is 1.49. The van der Waals surface area contributed by atoms with E-state index in [1.165, 1.54) is 11.8 Å². The predicted octanol–water partition coefficient (Wildman–Crippen LogP) is 3.36. The Morgan fingerprint density at radius 1 is 1.21 bits per heavy atom. The number of para-hydroxylation sites is 1. The Bertz CT molecular complexity index is 1070. The van der Waals surface area contributed by atoms with Crippen molar-refractivity contribution in [2.75, 3.05) is 27.5 Å². The molecule has 0 unspecified atom stereocenters. The number of fused-ring (bicyclic) bond motifs is 1. The molecule has 1 N–H and O–H groups in total. The third kappa shape index (κ3) is 4.29. The van der Waals surface area contributed by atoms with Crippen molar-refractivity contribution in [2.45, 2.75) is 19.0 Å². The summed E-state index contributed by atoms with van der Waals surface area (Å²) in [5.74, 6) is 0.133. The molecule has 2 aromatic carbocycles. The Morgan fingerprint density at radius 3 is 2.72 bits per heavy atom. The van der Waals surface area contributed by atoms with Crippen LogP contribution in [-0.4, -0.2) is 48.8 Å². The summed E-state index contributed by atoms with van der Waals surface area (Å²) in [6, 6.07) is 14.4. The predicted molar refractivity (Wildman–Crippen MR) is 120 cm³/mol. The van der Waals surface area contributed by atoms with Gasteiger partial charge in [0.15, 0.2) is 15.0 Å². The Labute approximate surface area is 179 Å². The fourth-order valence-electron chi connectivity index (χ4n) is 3.58. The van der Waals surface area contributed by atoms with E-state index in [0.29, 0.717) is 15.9 Å². The van der Waals surface area contributed by atoms with Crippen LogP contribution in [0.25, 0.3) is 0 Å². The van der Waals surface area contributed by atoms with Crippen molar-refractivity contribution < 1.29 is 13.2 Å². The number of amidine groups is 1. The molecule has 1 amide bonds. The number of hydrogen-bond acceptors (Lipinski definition) is 6. The lowest BCUT2D eigenvalue weighted by molar-refractivity contribution is -0.113. The molecule has 0 aliphatic carbocycles. The quantitative estimate of drug-likeness (QED) is 0.774. The minimum absolute atomic E-state index is 0.0545. The number of anilines is 2. The van der Waals surface area contributed by atoms with Crippen LogP contribution in [0.2, 0.25) is 5.02 Å². The van der Waals surface area contributed by atoms with Crippen LogP contribution in [0.15, 0.2) is 53.5 Å². The second-order valence-corrected chi connectivity index (χ2v) is 10.6. The van der Waals surface area contributed by atoms with Gasteiger partial charge >= 0.3 is 0 Å². The minimum atomic E-state index is -3.10. The van der Waals surface area contributed by atoms with Crippen LogP contribution in [0.4, 0.5) is 11.4 Å². The number of aliphatic imine (C=N–C) groups is 1. The fraction of sp³-hybridized carbons (Fsp3) is 0.300. The van der Waals surface area contributed by atoms with E-state index < -0.39 is 9.84 Å². The first kappa shape index (κ1) is 20.3. The van der Waals surface area contributed by atoms with Crippen LogP contribution in [0.1, 0.15) is 5.56 Å². The Kier molecular flexibility index (Phi) is 5.59. The third-order valence-electron chi connectivity index (χ3n) is 5.02. The van der Waals surface area contributed by atoms with E-state index in [1.54, 1.807) is 12.1 Å². The highest BCUT2D eigenvalue weighted by atomic mass is 35.5. The minimum Gasteiger partial charge on any atom is -0.325 e. The molecule has 0 aromatic heterocycles. The standard InChI is InChI=1S/C20H20ClN3O3S2/c1-13-15(21)8-5-9-16(13)22-19(25)10-28-20-23-17-11-29(26,27)12-18(17)24(20)14-6-3-2-4-7-14/h2-9,17-18H,10-12H2,1H3,(H,22,25)/t17-,18-/m1/s1. The number of benzene rings is 2. The molecule has 4 rings (SSSR count). The van der Waals surface area contributed by atoms with E-state index in [1.807, 2.05) is 48.2 Å². The first-order valence-electron chi connectivity index (χ1n) is 9.14. The van der Waals surface area contributed by atoms with E-state index in [-0.39, 0.29) is 35.2 Å². The van der Waals surface area contributed by atoms with Gasteiger partial charge in [-0.05, 0) is 36.8 Å². The number of thioether (sulfide) groups is 1. The van der Waals surface area contributed by atoms with Crippen molar-refractivity contribution >= 4 is 55.6 Å². The zero-order valence-electron chi connectivity index (χ0n) is 15.7. The lowest BCUT2D eigenvalue weighted by Crippen LogP contribution is -2.39. The first-order chi connectivity index (χ1) is 13.8. The number of hydrogen-bond donors (Lipinski definition) is 1. The van der Waals surface area contributed by atoms with E-state index >= 15 is 0 Å². The molecule has 2 aromatic rings. The number of sulfone groups is 1. The maximum atomic E-state index is 12.5. The molecule has 0 bridgehead atoms. The van der Waals surface area contributed by atoms with Gasteiger partial charge in [-0.25, -0.2) is 8.42 Å². The van der Waals surface area contributed by atoms with Gasteiger partial charge in [-0.1, -0.05) is 47.6 Å². The molecule has 0 spiro atoms. The highest BCUT2D eigenvalue weighted by molar-refractivity contribution is 8.14. The highest BCUT2D eigenvalue weighted by Crippen LogP contribution is 2.35. The van der Waals surface area contributed by atoms with Crippen LogP contribution < -0.4 is 10.2 Å². The average Bonchev–Trinajstić information content (AvgIpc) is 3.15. The number of carbonyl (C=O) groups is 1.